The number of carbonyl (C=O) groups is 1. The molecule has 88 valence electrons. The number of rotatable bonds is 4. The van der Waals surface area contributed by atoms with Crippen LogP contribution in [0.2, 0.25) is 0 Å². The first-order valence-electron chi connectivity index (χ1n) is 5.85. The zero-order chi connectivity index (χ0) is 11.3. The maximum absolute atomic E-state index is 11.7. The van der Waals surface area contributed by atoms with E-state index in [9.17, 15) is 4.79 Å². The standard InChI is InChI=1S/C11H22N2O2/c1-3-10(11(14)15-4-2)13-7-5-9(12)6-8-13/h9-10H,3-8,12H2,1-2H3. The van der Waals surface area contributed by atoms with Crippen molar-refractivity contribution in [3.05, 3.63) is 0 Å². The van der Waals surface area contributed by atoms with Crippen LogP contribution in [0.1, 0.15) is 33.1 Å². The Morgan fingerprint density at radius 1 is 1.47 bits per heavy atom. The topological polar surface area (TPSA) is 55.6 Å². The van der Waals surface area contributed by atoms with Crippen LogP contribution >= 0.6 is 0 Å². The third-order valence-corrected chi connectivity index (χ3v) is 2.96. The van der Waals surface area contributed by atoms with Gasteiger partial charge in [0.1, 0.15) is 6.04 Å². The van der Waals surface area contributed by atoms with Crippen LogP contribution in [0.25, 0.3) is 0 Å². The smallest absolute Gasteiger partial charge is 0.323 e. The molecule has 0 aliphatic carbocycles. The predicted octanol–water partition coefficient (Wildman–Crippen LogP) is 0.751. The van der Waals surface area contributed by atoms with Crippen LogP contribution < -0.4 is 5.73 Å². The Hall–Kier alpha value is -0.610. The molecule has 0 saturated carbocycles. The lowest BCUT2D eigenvalue weighted by atomic mass is 10.0. The number of carbonyl (C=O) groups excluding carboxylic acids is 1. The fourth-order valence-corrected chi connectivity index (χ4v) is 2.04. The van der Waals surface area contributed by atoms with Crippen LogP contribution in [0.4, 0.5) is 0 Å². The molecule has 1 aliphatic heterocycles. The van der Waals surface area contributed by atoms with Gasteiger partial charge in [-0.3, -0.25) is 9.69 Å². The molecule has 1 saturated heterocycles. The molecule has 1 atom stereocenters. The van der Waals surface area contributed by atoms with Crippen LogP contribution in [0.15, 0.2) is 0 Å². The van der Waals surface area contributed by atoms with Gasteiger partial charge in [-0.25, -0.2) is 0 Å². The number of nitrogens with two attached hydrogens (primary N) is 1. The minimum atomic E-state index is -0.0875. The fourth-order valence-electron chi connectivity index (χ4n) is 2.04. The minimum Gasteiger partial charge on any atom is -0.465 e. The van der Waals surface area contributed by atoms with Crippen molar-refractivity contribution in [2.45, 2.75) is 45.2 Å². The zero-order valence-corrected chi connectivity index (χ0v) is 9.74. The van der Waals surface area contributed by atoms with Crippen molar-refractivity contribution in [1.29, 1.82) is 0 Å². The van der Waals surface area contributed by atoms with Gasteiger partial charge in [-0.15, -0.1) is 0 Å². The van der Waals surface area contributed by atoms with Gasteiger partial charge in [0, 0.05) is 19.1 Å². The molecule has 0 spiro atoms. The second-order valence-corrected chi connectivity index (χ2v) is 4.05. The van der Waals surface area contributed by atoms with Crippen molar-refractivity contribution in [3.63, 3.8) is 0 Å². The normalized spacial score (nSPS) is 21.3. The van der Waals surface area contributed by atoms with Gasteiger partial charge in [0.05, 0.1) is 6.61 Å². The van der Waals surface area contributed by atoms with Gasteiger partial charge < -0.3 is 10.5 Å². The molecule has 0 aromatic heterocycles. The highest BCUT2D eigenvalue weighted by molar-refractivity contribution is 5.75. The first kappa shape index (κ1) is 12.5. The molecule has 0 amide bonds. The molecule has 2 N–H and O–H groups in total. The number of hydrogen-bond donors (Lipinski definition) is 1. The zero-order valence-electron chi connectivity index (χ0n) is 9.74. The Morgan fingerprint density at radius 3 is 2.53 bits per heavy atom. The molecule has 0 bridgehead atoms. The predicted molar refractivity (Wildman–Crippen MR) is 59.5 cm³/mol. The number of esters is 1. The number of ether oxygens (including phenoxy) is 1. The molecule has 1 heterocycles. The molecule has 15 heavy (non-hydrogen) atoms. The van der Waals surface area contributed by atoms with E-state index in [1.165, 1.54) is 0 Å². The summed E-state index contributed by atoms with van der Waals surface area (Å²) in [6.07, 6.45) is 2.78. The first-order valence-corrected chi connectivity index (χ1v) is 5.85. The van der Waals surface area contributed by atoms with Crippen molar-refractivity contribution < 1.29 is 9.53 Å². The Bertz CT molecular complexity index is 201. The van der Waals surface area contributed by atoms with Gasteiger partial charge in [0.2, 0.25) is 0 Å². The maximum atomic E-state index is 11.7. The number of nitrogens with zero attached hydrogens (tertiary/aromatic N) is 1. The average Bonchev–Trinajstić information content (AvgIpc) is 2.22. The van der Waals surface area contributed by atoms with Crippen molar-refractivity contribution in [3.8, 4) is 0 Å². The summed E-state index contributed by atoms with van der Waals surface area (Å²) in [6.45, 7) is 6.16. The van der Waals surface area contributed by atoms with Gasteiger partial charge in [0.15, 0.2) is 0 Å². The second kappa shape index (κ2) is 6.08. The first-order chi connectivity index (χ1) is 7.19. The Kier molecular flexibility index (Phi) is 5.05. The van der Waals surface area contributed by atoms with Gasteiger partial charge in [-0.1, -0.05) is 6.92 Å². The number of piperidine rings is 1. The fraction of sp³-hybridized carbons (Fsp3) is 0.909. The molecule has 1 fully saturated rings. The van der Waals surface area contributed by atoms with Gasteiger partial charge in [0.25, 0.3) is 0 Å². The van der Waals surface area contributed by atoms with Crippen molar-refractivity contribution in [2.24, 2.45) is 5.73 Å². The lowest BCUT2D eigenvalue weighted by molar-refractivity contribution is -0.150. The van der Waals surface area contributed by atoms with Crippen molar-refractivity contribution >= 4 is 5.97 Å². The molecular formula is C11H22N2O2. The monoisotopic (exact) mass is 214 g/mol. The summed E-state index contributed by atoms with van der Waals surface area (Å²) in [7, 11) is 0. The SMILES string of the molecule is CCOC(=O)C(CC)N1CCC(N)CC1. The maximum Gasteiger partial charge on any atom is 0.323 e. The largest absolute Gasteiger partial charge is 0.465 e. The lowest BCUT2D eigenvalue weighted by Gasteiger charge is -2.34. The summed E-state index contributed by atoms with van der Waals surface area (Å²) in [5.74, 6) is -0.0875. The van der Waals surface area contributed by atoms with E-state index in [2.05, 4.69) is 4.90 Å². The Balaban J connectivity index is 2.47. The Morgan fingerprint density at radius 2 is 2.07 bits per heavy atom. The molecule has 0 radical (unpaired) electrons. The highest BCUT2D eigenvalue weighted by Gasteiger charge is 2.28. The summed E-state index contributed by atoms with van der Waals surface area (Å²) >= 11 is 0. The Labute approximate surface area is 91.8 Å². The van der Waals surface area contributed by atoms with E-state index >= 15 is 0 Å². The molecular weight excluding hydrogens is 192 g/mol. The van der Waals surface area contributed by atoms with E-state index < -0.39 is 0 Å². The summed E-state index contributed by atoms with van der Waals surface area (Å²) in [5.41, 5.74) is 5.83. The van der Waals surface area contributed by atoms with Crippen LogP contribution in [0.3, 0.4) is 0 Å². The molecule has 0 aromatic carbocycles. The molecule has 1 aliphatic rings. The van der Waals surface area contributed by atoms with Crippen molar-refractivity contribution in [1.82, 2.24) is 4.90 Å². The van der Waals surface area contributed by atoms with E-state index in [1.807, 2.05) is 13.8 Å². The molecule has 1 unspecified atom stereocenters. The van der Waals surface area contributed by atoms with E-state index in [0.717, 1.165) is 32.4 Å². The highest BCUT2D eigenvalue weighted by Crippen LogP contribution is 2.14. The second-order valence-electron chi connectivity index (χ2n) is 4.05. The number of likely N-dealkylation sites (tertiary alicyclic amines) is 1. The van der Waals surface area contributed by atoms with E-state index in [0.29, 0.717) is 12.6 Å². The third kappa shape index (κ3) is 3.47. The average molecular weight is 214 g/mol. The van der Waals surface area contributed by atoms with Crippen LogP contribution in [0.5, 0.6) is 0 Å². The lowest BCUT2D eigenvalue weighted by Crippen LogP contribution is -2.48. The van der Waals surface area contributed by atoms with E-state index in [-0.39, 0.29) is 12.0 Å². The van der Waals surface area contributed by atoms with Crippen LogP contribution in [-0.2, 0) is 9.53 Å². The van der Waals surface area contributed by atoms with Gasteiger partial charge in [-0.2, -0.15) is 0 Å². The van der Waals surface area contributed by atoms with Crippen LogP contribution in [-0.4, -0.2) is 42.6 Å². The quantitative estimate of drug-likeness (QED) is 0.702. The third-order valence-electron chi connectivity index (χ3n) is 2.96. The molecule has 4 nitrogen and oxygen atoms in total. The summed E-state index contributed by atoms with van der Waals surface area (Å²) in [6, 6.07) is 0.235. The molecule has 0 aromatic rings. The number of hydrogen-bond acceptors (Lipinski definition) is 4. The van der Waals surface area contributed by atoms with Crippen molar-refractivity contribution in [2.75, 3.05) is 19.7 Å². The molecule has 1 rings (SSSR count). The summed E-state index contributed by atoms with van der Waals surface area (Å²) < 4.78 is 5.06. The van der Waals surface area contributed by atoms with Gasteiger partial charge in [-0.05, 0) is 26.2 Å². The van der Waals surface area contributed by atoms with E-state index in [1.54, 1.807) is 0 Å². The van der Waals surface area contributed by atoms with Crippen LogP contribution in [0, 0.1) is 0 Å². The highest BCUT2D eigenvalue weighted by atomic mass is 16.5. The van der Waals surface area contributed by atoms with Gasteiger partial charge >= 0.3 is 5.97 Å². The van der Waals surface area contributed by atoms with E-state index in [4.69, 9.17) is 10.5 Å². The summed E-state index contributed by atoms with van der Waals surface area (Å²) in [5, 5.41) is 0. The minimum absolute atomic E-state index is 0.0718. The molecule has 4 heteroatoms. The summed E-state index contributed by atoms with van der Waals surface area (Å²) in [4.78, 5) is 13.9.